The standard InChI is InChI=1S/C22H25BrF2N6O/c23-15-13-16(30-9-4-21(2-3-21)5-10-30)18(27-14-15)19(32)29-20-26-8-1-17(28-20)31-11-6-22(24,25)7-12-31/h1,8,13-14H,2-7,9-12H2,(H,26,28,29,32). The largest absolute Gasteiger partial charge is 0.370 e. The topological polar surface area (TPSA) is 74.2 Å². The molecule has 0 atom stereocenters. The third-order valence-electron chi connectivity index (χ3n) is 6.86. The molecule has 2 aliphatic heterocycles. The van der Waals surface area contributed by atoms with Gasteiger partial charge in [0, 0.05) is 55.9 Å². The quantitative estimate of drug-likeness (QED) is 0.657. The Labute approximate surface area is 193 Å². The number of anilines is 3. The van der Waals surface area contributed by atoms with E-state index in [1.54, 1.807) is 17.2 Å². The molecule has 2 aromatic rings. The van der Waals surface area contributed by atoms with E-state index in [0.29, 0.717) is 16.9 Å². The molecular weight excluding hydrogens is 482 g/mol. The van der Waals surface area contributed by atoms with Crippen LogP contribution in [-0.2, 0) is 0 Å². The lowest BCUT2D eigenvalue weighted by molar-refractivity contribution is -0.0221. The summed E-state index contributed by atoms with van der Waals surface area (Å²) in [7, 11) is 0. The Hall–Kier alpha value is -2.36. The summed E-state index contributed by atoms with van der Waals surface area (Å²) in [5.41, 5.74) is 1.65. The summed E-state index contributed by atoms with van der Waals surface area (Å²) in [6, 6.07) is 3.60. The number of amides is 1. The number of nitrogens with zero attached hydrogens (tertiary/aromatic N) is 5. The maximum atomic E-state index is 13.5. The number of nitrogens with one attached hydrogen (secondary N) is 1. The molecule has 170 valence electrons. The van der Waals surface area contributed by atoms with Crippen LogP contribution in [0.5, 0.6) is 0 Å². The van der Waals surface area contributed by atoms with Crippen LogP contribution in [0.4, 0.5) is 26.2 Å². The van der Waals surface area contributed by atoms with Crippen LogP contribution in [0.15, 0.2) is 29.0 Å². The van der Waals surface area contributed by atoms with Crippen molar-refractivity contribution in [3.8, 4) is 0 Å². The average molecular weight is 507 g/mol. The van der Waals surface area contributed by atoms with Crippen molar-refractivity contribution in [2.24, 2.45) is 5.41 Å². The lowest BCUT2D eigenvalue weighted by Gasteiger charge is -2.34. The van der Waals surface area contributed by atoms with E-state index in [4.69, 9.17) is 0 Å². The molecule has 1 aliphatic carbocycles. The van der Waals surface area contributed by atoms with Crippen molar-refractivity contribution >= 4 is 39.3 Å². The number of alkyl halides is 2. The third kappa shape index (κ3) is 4.55. The minimum Gasteiger partial charge on any atom is -0.370 e. The summed E-state index contributed by atoms with van der Waals surface area (Å²) >= 11 is 3.47. The molecule has 0 bridgehead atoms. The summed E-state index contributed by atoms with van der Waals surface area (Å²) in [6.45, 7) is 2.24. The van der Waals surface area contributed by atoms with E-state index in [-0.39, 0.29) is 37.8 Å². The van der Waals surface area contributed by atoms with Crippen LogP contribution in [0.2, 0.25) is 0 Å². The molecule has 1 amide bonds. The number of piperidine rings is 2. The Bertz CT molecular complexity index is 1010. The van der Waals surface area contributed by atoms with Crippen LogP contribution < -0.4 is 15.1 Å². The second kappa shape index (κ2) is 8.20. The van der Waals surface area contributed by atoms with Gasteiger partial charge in [-0.15, -0.1) is 0 Å². The second-order valence-corrected chi connectivity index (χ2v) is 9.96. The molecular formula is C22H25BrF2N6O. The Morgan fingerprint density at radius 3 is 2.38 bits per heavy atom. The zero-order chi connectivity index (χ0) is 22.3. The fraction of sp³-hybridized carbons (Fsp3) is 0.545. The molecule has 5 rings (SSSR count). The smallest absolute Gasteiger partial charge is 0.278 e. The van der Waals surface area contributed by atoms with Gasteiger partial charge in [-0.2, -0.15) is 4.98 Å². The SMILES string of the molecule is O=C(Nc1nccc(N2CCC(F)(F)CC2)n1)c1ncc(Br)cc1N1CCC2(CC1)CC2. The first-order valence-electron chi connectivity index (χ1n) is 11.0. The van der Waals surface area contributed by atoms with Crippen molar-refractivity contribution in [3.63, 3.8) is 0 Å². The fourth-order valence-corrected chi connectivity index (χ4v) is 4.87. The van der Waals surface area contributed by atoms with E-state index >= 15 is 0 Å². The monoisotopic (exact) mass is 506 g/mol. The zero-order valence-corrected chi connectivity index (χ0v) is 19.2. The number of aromatic nitrogens is 3. The van der Waals surface area contributed by atoms with Gasteiger partial charge in [0.2, 0.25) is 5.95 Å². The third-order valence-corrected chi connectivity index (χ3v) is 7.29. The number of halogens is 3. The first-order chi connectivity index (χ1) is 15.3. The number of hydrogen-bond donors (Lipinski definition) is 1. The summed E-state index contributed by atoms with van der Waals surface area (Å²) < 4.78 is 27.8. The molecule has 32 heavy (non-hydrogen) atoms. The van der Waals surface area contributed by atoms with Crippen LogP contribution in [0.25, 0.3) is 0 Å². The normalized spacial score (nSPS) is 21.5. The van der Waals surface area contributed by atoms with Gasteiger partial charge in [0.25, 0.3) is 11.8 Å². The highest BCUT2D eigenvalue weighted by Crippen LogP contribution is 2.54. The highest BCUT2D eigenvalue weighted by atomic mass is 79.9. The van der Waals surface area contributed by atoms with Crippen molar-refractivity contribution in [2.75, 3.05) is 41.3 Å². The van der Waals surface area contributed by atoms with Gasteiger partial charge < -0.3 is 9.80 Å². The second-order valence-electron chi connectivity index (χ2n) is 9.04. The van der Waals surface area contributed by atoms with Crippen LogP contribution >= 0.6 is 15.9 Å². The van der Waals surface area contributed by atoms with Crippen LogP contribution in [0.1, 0.15) is 49.0 Å². The molecule has 2 aromatic heterocycles. The summed E-state index contributed by atoms with van der Waals surface area (Å²) in [5, 5.41) is 2.74. The molecule has 3 fully saturated rings. The molecule has 0 unspecified atom stereocenters. The minimum absolute atomic E-state index is 0.135. The number of carbonyl (C=O) groups is 1. The molecule has 1 N–H and O–H groups in total. The Kier molecular flexibility index (Phi) is 5.51. The lowest BCUT2D eigenvalue weighted by Crippen LogP contribution is -2.39. The minimum atomic E-state index is -2.63. The molecule has 0 radical (unpaired) electrons. The maximum absolute atomic E-state index is 13.5. The first kappa shape index (κ1) is 21.5. The highest BCUT2D eigenvalue weighted by Gasteiger charge is 2.44. The van der Waals surface area contributed by atoms with Gasteiger partial charge in [0.05, 0.1) is 5.69 Å². The summed E-state index contributed by atoms with van der Waals surface area (Å²) in [6.07, 6.45) is 7.63. The number of rotatable bonds is 4. The van der Waals surface area contributed by atoms with Crippen LogP contribution in [-0.4, -0.2) is 53.0 Å². The summed E-state index contributed by atoms with van der Waals surface area (Å²) in [5.74, 6) is -2.35. The Morgan fingerprint density at radius 1 is 1.00 bits per heavy atom. The van der Waals surface area contributed by atoms with E-state index in [2.05, 4.69) is 41.1 Å². The number of carbonyl (C=O) groups excluding carboxylic acids is 1. The maximum Gasteiger partial charge on any atom is 0.278 e. The van der Waals surface area contributed by atoms with Gasteiger partial charge in [0.15, 0.2) is 5.69 Å². The van der Waals surface area contributed by atoms with Gasteiger partial charge >= 0.3 is 0 Å². The predicted octanol–water partition coefficient (Wildman–Crippen LogP) is 4.50. The molecule has 3 aliphatic rings. The van der Waals surface area contributed by atoms with Crippen molar-refractivity contribution in [1.82, 2.24) is 15.0 Å². The highest BCUT2D eigenvalue weighted by molar-refractivity contribution is 9.10. The molecule has 10 heteroatoms. The van der Waals surface area contributed by atoms with Gasteiger partial charge in [0.1, 0.15) is 5.82 Å². The molecule has 1 spiro atoms. The molecule has 2 saturated heterocycles. The van der Waals surface area contributed by atoms with E-state index in [0.717, 1.165) is 36.1 Å². The number of pyridine rings is 1. The van der Waals surface area contributed by atoms with Gasteiger partial charge in [-0.25, -0.2) is 18.7 Å². The van der Waals surface area contributed by atoms with E-state index < -0.39 is 5.92 Å². The molecule has 4 heterocycles. The lowest BCUT2D eigenvalue weighted by atomic mass is 9.93. The zero-order valence-electron chi connectivity index (χ0n) is 17.7. The summed E-state index contributed by atoms with van der Waals surface area (Å²) in [4.78, 5) is 30.0. The van der Waals surface area contributed by atoms with Gasteiger partial charge in [-0.3, -0.25) is 10.1 Å². The molecule has 0 aromatic carbocycles. The molecule has 7 nitrogen and oxygen atoms in total. The Balaban J connectivity index is 1.31. The van der Waals surface area contributed by atoms with Crippen molar-refractivity contribution in [2.45, 2.75) is 44.4 Å². The van der Waals surface area contributed by atoms with E-state index in [9.17, 15) is 13.6 Å². The van der Waals surface area contributed by atoms with Crippen LogP contribution in [0.3, 0.4) is 0 Å². The van der Waals surface area contributed by atoms with Crippen LogP contribution in [0, 0.1) is 5.41 Å². The van der Waals surface area contributed by atoms with Gasteiger partial charge in [-0.1, -0.05) is 0 Å². The van der Waals surface area contributed by atoms with E-state index in [1.165, 1.54) is 19.0 Å². The molecule has 1 saturated carbocycles. The van der Waals surface area contributed by atoms with Crippen molar-refractivity contribution < 1.29 is 13.6 Å². The average Bonchev–Trinajstić information content (AvgIpc) is 3.53. The predicted molar refractivity (Wildman–Crippen MR) is 121 cm³/mol. The van der Waals surface area contributed by atoms with Crippen molar-refractivity contribution in [3.05, 3.63) is 34.7 Å². The van der Waals surface area contributed by atoms with E-state index in [1.807, 2.05) is 6.07 Å². The van der Waals surface area contributed by atoms with Gasteiger partial charge in [-0.05, 0) is 59.2 Å². The first-order valence-corrected chi connectivity index (χ1v) is 11.8. The van der Waals surface area contributed by atoms with Crippen molar-refractivity contribution in [1.29, 1.82) is 0 Å². The fourth-order valence-electron chi connectivity index (χ4n) is 4.55. The number of hydrogen-bond acceptors (Lipinski definition) is 6. The Morgan fingerprint density at radius 2 is 1.69 bits per heavy atom.